The third-order valence-corrected chi connectivity index (χ3v) is 5.43. The first-order valence-corrected chi connectivity index (χ1v) is 10.2. The average molecular weight is 404 g/mol. The van der Waals surface area contributed by atoms with Crippen LogP contribution in [0.2, 0.25) is 0 Å². The molecule has 0 aliphatic carbocycles. The van der Waals surface area contributed by atoms with E-state index in [0.29, 0.717) is 34.5 Å². The minimum atomic E-state index is -0.190. The summed E-state index contributed by atoms with van der Waals surface area (Å²) in [6.45, 7) is 0.537. The Hall–Kier alpha value is -3.32. The Labute approximate surface area is 173 Å². The number of ether oxygens (including phenoxy) is 1. The number of pyridine rings is 1. The van der Waals surface area contributed by atoms with Crippen LogP contribution in [0.3, 0.4) is 0 Å². The first-order chi connectivity index (χ1) is 14.2. The molecule has 0 saturated heterocycles. The van der Waals surface area contributed by atoms with Gasteiger partial charge in [-0.15, -0.1) is 0 Å². The van der Waals surface area contributed by atoms with Crippen molar-refractivity contribution in [2.75, 3.05) is 17.7 Å². The molecule has 2 aromatic carbocycles. The van der Waals surface area contributed by atoms with E-state index in [-0.39, 0.29) is 11.9 Å². The second-order valence-corrected chi connectivity index (χ2v) is 7.46. The highest BCUT2D eigenvalue weighted by Crippen LogP contribution is 2.27. The molecule has 0 radical (unpaired) electrons. The Kier molecular flexibility index (Phi) is 5.76. The van der Waals surface area contributed by atoms with Crippen LogP contribution in [0, 0.1) is 0 Å². The van der Waals surface area contributed by atoms with Crippen LogP contribution in [-0.2, 0) is 10.5 Å². The van der Waals surface area contributed by atoms with E-state index in [4.69, 9.17) is 10.5 Å². The number of nitrogens with one attached hydrogen (secondary N) is 1. The SMILES string of the molecule is Nc1ccccc1NC(=O)c1ccc(CSC2=N[C@@H](c3cccnc3)CO2)cc1. The van der Waals surface area contributed by atoms with Crippen LogP contribution in [0.15, 0.2) is 78.0 Å². The maximum absolute atomic E-state index is 12.4. The molecule has 0 bridgehead atoms. The lowest BCUT2D eigenvalue weighted by Gasteiger charge is -2.08. The molecular weight excluding hydrogens is 384 g/mol. The Morgan fingerprint density at radius 2 is 1.97 bits per heavy atom. The summed E-state index contributed by atoms with van der Waals surface area (Å²) in [6.07, 6.45) is 3.56. The zero-order valence-electron chi connectivity index (χ0n) is 15.6. The molecule has 3 N–H and O–H groups in total. The van der Waals surface area contributed by atoms with Gasteiger partial charge in [0.15, 0.2) is 0 Å². The number of carbonyl (C=O) groups excluding carboxylic acids is 1. The Bertz CT molecular complexity index is 1020. The average Bonchev–Trinajstić information content (AvgIpc) is 3.24. The van der Waals surface area contributed by atoms with Gasteiger partial charge in [-0.3, -0.25) is 9.78 Å². The van der Waals surface area contributed by atoms with E-state index in [0.717, 1.165) is 11.1 Å². The van der Waals surface area contributed by atoms with Crippen LogP contribution in [0.5, 0.6) is 0 Å². The summed E-state index contributed by atoms with van der Waals surface area (Å²) in [7, 11) is 0. The molecule has 0 unspecified atom stereocenters. The molecule has 3 aromatic rings. The number of para-hydroxylation sites is 2. The molecule has 7 heteroatoms. The highest BCUT2D eigenvalue weighted by Gasteiger charge is 2.21. The van der Waals surface area contributed by atoms with Crippen LogP contribution >= 0.6 is 11.8 Å². The lowest BCUT2D eigenvalue weighted by Crippen LogP contribution is -2.13. The number of aliphatic imine (C=N–C) groups is 1. The number of nitrogens with zero attached hydrogens (tertiary/aromatic N) is 2. The minimum Gasteiger partial charge on any atom is -0.470 e. The summed E-state index contributed by atoms with van der Waals surface area (Å²) >= 11 is 1.54. The zero-order chi connectivity index (χ0) is 20.1. The van der Waals surface area contributed by atoms with Crippen molar-refractivity contribution in [3.8, 4) is 0 Å². The number of hydrogen-bond donors (Lipinski definition) is 2. The number of thioether (sulfide) groups is 1. The van der Waals surface area contributed by atoms with E-state index in [1.54, 1.807) is 42.2 Å². The van der Waals surface area contributed by atoms with Gasteiger partial charge < -0.3 is 15.8 Å². The van der Waals surface area contributed by atoms with Crippen molar-refractivity contribution in [2.24, 2.45) is 4.99 Å². The van der Waals surface area contributed by atoms with Crippen LogP contribution in [0.25, 0.3) is 0 Å². The molecule has 0 spiro atoms. The van der Waals surface area contributed by atoms with Gasteiger partial charge in [-0.1, -0.05) is 42.1 Å². The van der Waals surface area contributed by atoms with Gasteiger partial charge in [-0.05, 0) is 41.5 Å². The second-order valence-electron chi connectivity index (χ2n) is 6.54. The molecule has 29 heavy (non-hydrogen) atoms. The lowest BCUT2D eigenvalue weighted by atomic mass is 10.1. The zero-order valence-corrected chi connectivity index (χ0v) is 16.4. The summed E-state index contributed by atoms with van der Waals surface area (Å²) in [5.41, 5.74) is 9.73. The van der Waals surface area contributed by atoms with E-state index < -0.39 is 0 Å². The fourth-order valence-corrected chi connectivity index (χ4v) is 3.71. The molecule has 1 amide bonds. The van der Waals surface area contributed by atoms with Gasteiger partial charge in [0.1, 0.15) is 12.6 Å². The number of hydrogen-bond acceptors (Lipinski definition) is 6. The van der Waals surface area contributed by atoms with Crippen molar-refractivity contribution < 1.29 is 9.53 Å². The van der Waals surface area contributed by atoms with Crippen molar-refractivity contribution in [1.29, 1.82) is 0 Å². The number of carbonyl (C=O) groups is 1. The smallest absolute Gasteiger partial charge is 0.255 e. The molecule has 0 fully saturated rings. The number of nitrogen functional groups attached to an aromatic ring is 1. The number of benzene rings is 2. The third kappa shape index (κ3) is 4.75. The lowest BCUT2D eigenvalue weighted by molar-refractivity contribution is 0.102. The monoisotopic (exact) mass is 404 g/mol. The number of anilines is 2. The van der Waals surface area contributed by atoms with Crippen molar-refractivity contribution in [2.45, 2.75) is 11.8 Å². The standard InChI is InChI=1S/C22H20N4O2S/c23-18-5-1-2-6-19(18)25-21(27)16-9-7-15(8-10-16)14-29-22-26-20(13-28-22)17-4-3-11-24-12-17/h1-12,20H,13-14,23H2,(H,25,27)/t20-/m1/s1. The molecule has 6 nitrogen and oxygen atoms in total. The maximum atomic E-state index is 12.4. The van der Waals surface area contributed by atoms with Crippen LogP contribution in [0.4, 0.5) is 11.4 Å². The minimum absolute atomic E-state index is 0.00250. The Morgan fingerprint density at radius 1 is 1.14 bits per heavy atom. The highest BCUT2D eigenvalue weighted by atomic mass is 32.2. The van der Waals surface area contributed by atoms with Crippen molar-refractivity contribution in [1.82, 2.24) is 4.98 Å². The summed E-state index contributed by atoms with van der Waals surface area (Å²) in [4.78, 5) is 21.1. The quantitative estimate of drug-likeness (QED) is 0.620. The molecule has 1 atom stereocenters. The van der Waals surface area contributed by atoms with Crippen molar-refractivity contribution >= 4 is 34.3 Å². The third-order valence-electron chi connectivity index (χ3n) is 4.48. The summed E-state index contributed by atoms with van der Waals surface area (Å²) in [5.74, 6) is 0.525. The normalized spacial score (nSPS) is 15.4. The van der Waals surface area contributed by atoms with Crippen LogP contribution in [0.1, 0.15) is 27.5 Å². The van der Waals surface area contributed by atoms with E-state index >= 15 is 0 Å². The number of rotatable bonds is 5. The predicted molar refractivity (Wildman–Crippen MR) is 117 cm³/mol. The van der Waals surface area contributed by atoms with Gasteiger partial charge >= 0.3 is 0 Å². The van der Waals surface area contributed by atoms with E-state index in [9.17, 15) is 4.79 Å². The topological polar surface area (TPSA) is 89.6 Å². The fourth-order valence-electron chi connectivity index (χ4n) is 2.88. The summed E-state index contributed by atoms with van der Waals surface area (Å²) in [5, 5.41) is 3.51. The van der Waals surface area contributed by atoms with Gasteiger partial charge in [0, 0.05) is 23.7 Å². The number of aromatic nitrogens is 1. The van der Waals surface area contributed by atoms with Crippen LogP contribution in [-0.4, -0.2) is 22.7 Å². The largest absolute Gasteiger partial charge is 0.470 e. The number of nitrogens with two attached hydrogens (primary N) is 1. The highest BCUT2D eigenvalue weighted by molar-refractivity contribution is 8.12. The second kappa shape index (κ2) is 8.79. The predicted octanol–water partition coefficient (Wildman–Crippen LogP) is 4.28. The Balaban J connectivity index is 1.33. The van der Waals surface area contributed by atoms with Gasteiger partial charge in [-0.2, -0.15) is 0 Å². The van der Waals surface area contributed by atoms with Crippen LogP contribution < -0.4 is 11.1 Å². The summed E-state index contributed by atoms with van der Waals surface area (Å²) < 4.78 is 5.69. The van der Waals surface area contributed by atoms with Gasteiger partial charge in [-0.25, -0.2) is 4.99 Å². The van der Waals surface area contributed by atoms with E-state index in [1.807, 2.05) is 42.6 Å². The van der Waals surface area contributed by atoms with Crippen molar-refractivity contribution in [3.63, 3.8) is 0 Å². The maximum Gasteiger partial charge on any atom is 0.255 e. The number of amides is 1. The molecule has 1 aliphatic heterocycles. The van der Waals surface area contributed by atoms with Gasteiger partial charge in [0.2, 0.25) is 5.23 Å². The molecule has 1 aliphatic rings. The molecule has 1 aromatic heterocycles. The Morgan fingerprint density at radius 3 is 2.72 bits per heavy atom. The van der Waals surface area contributed by atoms with E-state index in [2.05, 4.69) is 15.3 Å². The molecular formula is C22H20N4O2S. The molecule has 146 valence electrons. The summed E-state index contributed by atoms with van der Waals surface area (Å²) in [6, 6.07) is 18.6. The molecule has 2 heterocycles. The molecule has 4 rings (SSSR count). The fraction of sp³-hybridized carbons (Fsp3) is 0.136. The van der Waals surface area contributed by atoms with E-state index in [1.165, 1.54) is 0 Å². The van der Waals surface area contributed by atoms with Gasteiger partial charge in [0.25, 0.3) is 5.91 Å². The first-order valence-electron chi connectivity index (χ1n) is 9.17. The first kappa shape index (κ1) is 19.0. The van der Waals surface area contributed by atoms with Gasteiger partial charge in [0.05, 0.1) is 11.4 Å². The molecule has 0 saturated carbocycles. The van der Waals surface area contributed by atoms with Crippen molar-refractivity contribution in [3.05, 3.63) is 89.7 Å².